The zero-order chi connectivity index (χ0) is 21.5. The Morgan fingerprint density at radius 2 is 2.00 bits per heavy atom. The van der Waals surface area contributed by atoms with Gasteiger partial charge in [-0.25, -0.2) is 0 Å². The number of phenolic OH excluding ortho intramolecular Hbond substituents is 1. The molecule has 0 radical (unpaired) electrons. The first kappa shape index (κ1) is 21.4. The lowest BCUT2D eigenvalue weighted by molar-refractivity contribution is -0.134. The molecule has 1 aromatic carbocycles. The monoisotopic (exact) mass is 434 g/mol. The molecule has 1 aliphatic carbocycles. The summed E-state index contributed by atoms with van der Waals surface area (Å²) >= 11 is 6.32. The molecule has 2 aliphatic heterocycles. The van der Waals surface area contributed by atoms with Crippen LogP contribution in [0, 0.1) is 0 Å². The van der Waals surface area contributed by atoms with Crippen molar-refractivity contribution in [2.45, 2.75) is 37.5 Å². The van der Waals surface area contributed by atoms with Crippen LogP contribution >= 0.6 is 11.6 Å². The predicted octanol–water partition coefficient (Wildman–Crippen LogP) is 1.84. The van der Waals surface area contributed by atoms with Gasteiger partial charge in [0.25, 0.3) is 0 Å². The van der Waals surface area contributed by atoms with Gasteiger partial charge in [-0.15, -0.1) is 0 Å². The molecular formula is C22H31ClN4O3. The molecule has 1 aromatic rings. The van der Waals surface area contributed by atoms with Crippen molar-refractivity contribution in [1.29, 1.82) is 0 Å². The summed E-state index contributed by atoms with van der Waals surface area (Å²) in [4.78, 5) is 17.8. The Bertz CT molecular complexity index is 815. The molecule has 4 rings (SSSR count). The fraction of sp³-hybridized carbons (Fsp3) is 0.591. The molecule has 1 atom stereocenters. The molecule has 3 N–H and O–H groups in total. The summed E-state index contributed by atoms with van der Waals surface area (Å²) in [5.41, 5.74) is 1.77. The van der Waals surface area contributed by atoms with Crippen LogP contribution in [0.5, 0.6) is 5.75 Å². The van der Waals surface area contributed by atoms with Crippen molar-refractivity contribution >= 4 is 23.2 Å². The number of aliphatic hydroxyl groups excluding tert-OH is 1. The molecule has 1 amide bonds. The normalized spacial score (nSPS) is 23.0. The number of hydrogen-bond acceptors (Lipinski definition) is 6. The Kier molecular flexibility index (Phi) is 5.99. The molecule has 8 heteroatoms. The average Bonchev–Trinajstić information content (AvgIpc) is 3.44. The fourth-order valence-corrected chi connectivity index (χ4v) is 4.74. The third kappa shape index (κ3) is 4.30. The van der Waals surface area contributed by atoms with Crippen LogP contribution < -0.4 is 5.32 Å². The summed E-state index contributed by atoms with van der Waals surface area (Å²) in [6.07, 6.45) is 2.93. The van der Waals surface area contributed by atoms with E-state index in [1.807, 2.05) is 11.0 Å². The van der Waals surface area contributed by atoms with E-state index in [1.165, 1.54) is 6.08 Å². The summed E-state index contributed by atoms with van der Waals surface area (Å²) < 4.78 is 0. The summed E-state index contributed by atoms with van der Waals surface area (Å²) in [7, 11) is 0. The van der Waals surface area contributed by atoms with Gasteiger partial charge >= 0.3 is 0 Å². The topological polar surface area (TPSA) is 79.3 Å². The molecule has 3 aliphatic rings. The third-order valence-corrected chi connectivity index (χ3v) is 7.16. The van der Waals surface area contributed by atoms with Gasteiger partial charge in [0.15, 0.2) is 0 Å². The van der Waals surface area contributed by atoms with Crippen LogP contribution in [0.15, 0.2) is 24.8 Å². The number of halogens is 1. The molecule has 7 nitrogen and oxygen atoms in total. The van der Waals surface area contributed by atoms with Crippen LogP contribution in [0.2, 0.25) is 5.02 Å². The summed E-state index contributed by atoms with van der Waals surface area (Å²) in [5.74, 6) is 0.101. The zero-order valence-electron chi connectivity index (χ0n) is 17.5. The molecule has 1 saturated carbocycles. The number of rotatable bonds is 7. The molecular weight excluding hydrogens is 404 g/mol. The largest absolute Gasteiger partial charge is 0.506 e. The third-order valence-electron chi connectivity index (χ3n) is 6.85. The smallest absolute Gasteiger partial charge is 0.246 e. The maximum Gasteiger partial charge on any atom is 0.246 e. The molecule has 0 spiro atoms. The summed E-state index contributed by atoms with van der Waals surface area (Å²) in [6, 6.07) is 3.91. The number of carbonyl (C=O) groups excluding carboxylic acids is 1. The zero-order valence-corrected chi connectivity index (χ0v) is 18.2. The second kappa shape index (κ2) is 8.38. The lowest BCUT2D eigenvalue weighted by atomic mass is 9.97. The minimum absolute atomic E-state index is 0.00401. The number of hydrogen-bond donors (Lipinski definition) is 3. The number of anilines is 1. The van der Waals surface area contributed by atoms with Crippen LogP contribution in [0.25, 0.3) is 0 Å². The maximum absolute atomic E-state index is 11.6. The van der Waals surface area contributed by atoms with Crippen molar-refractivity contribution in [2.24, 2.45) is 0 Å². The maximum atomic E-state index is 11.6. The van der Waals surface area contributed by atoms with Crippen molar-refractivity contribution in [1.82, 2.24) is 14.7 Å². The van der Waals surface area contributed by atoms with Crippen LogP contribution in [0.1, 0.15) is 25.3 Å². The van der Waals surface area contributed by atoms with E-state index < -0.39 is 6.23 Å². The van der Waals surface area contributed by atoms with Gasteiger partial charge in [0.05, 0.1) is 12.2 Å². The Balaban J connectivity index is 1.25. The minimum atomic E-state index is -0.637. The van der Waals surface area contributed by atoms with E-state index >= 15 is 0 Å². The van der Waals surface area contributed by atoms with Crippen LogP contribution in [0.3, 0.4) is 0 Å². The minimum Gasteiger partial charge on any atom is -0.506 e. The van der Waals surface area contributed by atoms with Gasteiger partial charge in [-0.1, -0.05) is 25.1 Å². The number of nitrogens with one attached hydrogen (secondary N) is 1. The van der Waals surface area contributed by atoms with Gasteiger partial charge in [0.2, 0.25) is 5.91 Å². The van der Waals surface area contributed by atoms with Crippen LogP contribution in [-0.2, 0) is 10.2 Å². The van der Waals surface area contributed by atoms with E-state index in [0.717, 1.165) is 57.7 Å². The van der Waals surface area contributed by atoms with E-state index in [9.17, 15) is 15.0 Å². The first-order valence-electron chi connectivity index (χ1n) is 10.6. The average molecular weight is 435 g/mol. The highest BCUT2D eigenvalue weighted by atomic mass is 35.5. The van der Waals surface area contributed by atoms with Crippen molar-refractivity contribution in [3.05, 3.63) is 35.4 Å². The van der Waals surface area contributed by atoms with E-state index in [1.54, 1.807) is 11.0 Å². The van der Waals surface area contributed by atoms with Crippen LogP contribution in [-0.4, -0.2) is 88.9 Å². The van der Waals surface area contributed by atoms with Gasteiger partial charge in [-0.2, -0.15) is 0 Å². The molecule has 2 heterocycles. The molecule has 3 fully saturated rings. The van der Waals surface area contributed by atoms with Gasteiger partial charge in [-0.05, 0) is 36.0 Å². The summed E-state index contributed by atoms with van der Waals surface area (Å²) in [5, 5.41) is 24.7. The number of piperazine rings is 1. The lowest BCUT2D eigenvalue weighted by Crippen LogP contribution is -2.64. The molecule has 0 aromatic heterocycles. The van der Waals surface area contributed by atoms with Crippen molar-refractivity contribution in [3.63, 3.8) is 0 Å². The Morgan fingerprint density at radius 3 is 2.60 bits per heavy atom. The highest BCUT2D eigenvalue weighted by Crippen LogP contribution is 2.51. The SMILES string of the molecule is C=CC(=O)N1CC(N2CCN(C(O)CNc3cc(C4(C)CC4)c(Cl)cc3O)CC2)C1. The quantitative estimate of drug-likeness (QED) is 0.449. The van der Waals surface area contributed by atoms with Gasteiger partial charge < -0.3 is 20.4 Å². The Morgan fingerprint density at radius 1 is 1.33 bits per heavy atom. The van der Waals surface area contributed by atoms with Crippen molar-refractivity contribution in [3.8, 4) is 5.75 Å². The van der Waals surface area contributed by atoms with E-state index in [2.05, 4.69) is 23.7 Å². The van der Waals surface area contributed by atoms with Gasteiger partial charge in [0, 0.05) is 56.4 Å². The molecule has 0 bridgehead atoms. The molecule has 30 heavy (non-hydrogen) atoms. The van der Waals surface area contributed by atoms with Crippen LogP contribution in [0.4, 0.5) is 5.69 Å². The Labute approximate surface area is 182 Å². The Hall–Kier alpha value is -1.80. The molecule has 1 unspecified atom stereocenters. The van der Waals surface area contributed by atoms with E-state index in [-0.39, 0.29) is 17.1 Å². The summed E-state index contributed by atoms with van der Waals surface area (Å²) in [6.45, 7) is 10.8. The molecule has 2 saturated heterocycles. The second-order valence-electron chi connectivity index (χ2n) is 8.94. The number of likely N-dealkylation sites (tertiary alicyclic amines) is 1. The first-order chi connectivity index (χ1) is 14.3. The van der Waals surface area contributed by atoms with Crippen molar-refractivity contribution < 1.29 is 15.0 Å². The van der Waals surface area contributed by atoms with Gasteiger partial charge in [0.1, 0.15) is 12.0 Å². The predicted molar refractivity (Wildman–Crippen MR) is 118 cm³/mol. The molecule has 164 valence electrons. The number of carbonyl (C=O) groups is 1. The van der Waals surface area contributed by atoms with E-state index in [0.29, 0.717) is 23.3 Å². The highest BCUT2D eigenvalue weighted by molar-refractivity contribution is 6.31. The highest BCUT2D eigenvalue weighted by Gasteiger charge is 2.41. The number of aliphatic hydroxyl groups is 1. The number of phenols is 1. The first-order valence-corrected chi connectivity index (χ1v) is 11.0. The van der Waals surface area contributed by atoms with Gasteiger partial charge in [-0.3, -0.25) is 14.6 Å². The standard InChI is InChI=1S/C22H31ClN4O3/c1-3-20(29)27-13-15(14-27)25-6-8-26(9-7-25)21(30)12-24-18-10-16(22(2)4-5-22)17(23)11-19(18)28/h3,10-11,15,21,24,28,30H,1,4-9,12-14H2,2H3. The van der Waals surface area contributed by atoms with Crippen molar-refractivity contribution in [2.75, 3.05) is 51.1 Å². The second-order valence-corrected chi connectivity index (χ2v) is 9.35. The fourth-order valence-electron chi connectivity index (χ4n) is 4.35. The number of nitrogens with zero attached hydrogens (tertiary/aromatic N) is 3. The number of aromatic hydroxyl groups is 1. The number of benzene rings is 1. The number of amides is 1. The van der Waals surface area contributed by atoms with E-state index in [4.69, 9.17) is 11.6 Å². The lowest BCUT2D eigenvalue weighted by Gasteiger charge is -2.48.